The van der Waals surface area contributed by atoms with Crippen LogP contribution in [0.3, 0.4) is 0 Å². The number of carbonyl (C=O) groups excluding carboxylic acids is 2. The molecule has 2 aliphatic carbocycles. The summed E-state index contributed by atoms with van der Waals surface area (Å²) in [5, 5.41) is 5.21. The summed E-state index contributed by atoms with van der Waals surface area (Å²) in [6, 6.07) is 0.330. The van der Waals surface area contributed by atoms with Crippen LogP contribution in [0.2, 0.25) is 10.0 Å². The molecule has 1 aromatic rings. The van der Waals surface area contributed by atoms with Gasteiger partial charge in [0, 0.05) is 24.8 Å². The van der Waals surface area contributed by atoms with Gasteiger partial charge in [0.2, 0.25) is 11.8 Å². The Hall–Kier alpha value is -1.47. The first-order valence-corrected chi connectivity index (χ1v) is 10.8. The lowest BCUT2D eigenvalue weighted by atomic mass is 9.76. The summed E-state index contributed by atoms with van der Waals surface area (Å²) in [6.45, 7) is 3.09. The summed E-state index contributed by atoms with van der Waals surface area (Å²) < 4.78 is 43.4. The molecule has 0 radical (unpaired) electrons. The molecule has 3 rings (SSSR count). The molecule has 4 nitrogen and oxygen atoms in total. The molecule has 0 saturated heterocycles. The molecule has 0 aliphatic heterocycles. The number of amides is 2. The van der Waals surface area contributed by atoms with Crippen LogP contribution < -0.4 is 10.6 Å². The van der Waals surface area contributed by atoms with Gasteiger partial charge in [-0.15, -0.1) is 0 Å². The minimum Gasteiger partial charge on any atom is -0.348 e. The first-order valence-electron chi connectivity index (χ1n) is 10.0. The Morgan fingerprint density at radius 1 is 1.20 bits per heavy atom. The van der Waals surface area contributed by atoms with Crippen LogP contribution in [0.4, 0.5) is 13.2 Å². The lowest BCUT2D eigenvalue weighted by molar-refractivity contribution is -0.127. The molecule has 3 atom stereocenters. The minimum absolute atomic E-state index is 0.0166. The summed E-state index contributed by atoms with van der Waals surface area (Å²) in [6.07, 6.45) is 2.42. The molecule has 2 fully saturated rings. The monoisotopic (exact) mass is 464 g/mol. The predicted molar refractivity (Wildman–Crippen MR) is 109 cm³/mol. The summed E-state index contributed by atoms with van der Waals surface area (Å²) in [7, 11) is 0. The number of hydrogen-bond acceptors (Lipinski definition) is 2. The molecule has 0 unspecified atom stereocenters. The van der Waals surface area contributed by atoms with Gasteiger partial charge in [0.1, 0.15) is 5.82 Å². The van der Waals surface area contributed by atoms with Crippen molar-refractivity contribution in [2.75, 3.05) is 0 Å². The van der Waals surface area contributed by atoms with Gasteiger partial charge in [0.15, 0.2) is 0 Å². The van der Waals surface area contributed by atoms with Crippen molar-refractivity contribution < 1.29 is 22.8 Å². The van der Waals surface area contributed by atoms with Crippen molar-refractivity contribution in [1.29, 1.82) is 0 Å². The van der Waals surface area contributed by atoms with Crippen LogP contribution >= 0.6 is 23.2 Å². The van der Waals surface area contributed by atoms with Crippen molar-refractivity contribution in [3.63, 3.8) is 0 Å². The molecular formula is C21H25Cl2F3N2O2. The third-order valence-electron chi connectivity index (χ3n) is 6.39. The van der Waals surface area contributed by atoms with E-state index in [1.807, 2.05) is 6.92 Å². The Bertz CT molecular complexity index is 844. The molecule has 1 aromatic carbocycles. The highest BCUT2D eigenvalue weighted by Crippen LogP contribution is 2.50. The third-order valence-corrected chi connectivity index (χ3v) is 7.21. The van der Waals surface area contributed by atoms with E-state index in [4.69, 9.17) is 23.2 Å². The van der Waals surface area contributed by atoms with Gasteiger partial charge in [-0.3, -0.25) is 9.59 Å². The van der Waals surface area contributed by atoms with Crippen molar-refractivity contribution in [1.82, 2.24) is 10.6 Å². The fraction of sp³-hybridized carbons (Fsp3) is 0.619. The Labute approximate surface area is 183 Å². The largest absolute Gasteiger partial charge is 0.348 e. The van der Waals surface area contributed by atoms with Gasteiger partial charge in [-0.1, -0.05) is 43.0 Å². The predicted octanol–water partition coefficient (Wildman–Crippen LogP) is 5.42. The quantitative estimate of drug-likeness (QED) is 0.571. The van der Waals surface area contributed by atoms with Crippen molar-refractivity contribution in [2.45, 2.75) is 70.4 Å². The van der Waals surface area contributed by atoms with Crippen LogP contribution in [-0.4, -0.2) is 23.8 Å². The number of halogens is 5. The summed E-state index contributed by atoms with van der Waals surface area (Å²) >= 11 is 12.4. The van der Waals surface area contributed by atoms with E-state index < -0.39 is 53.4 Å². The van der Waals surface area contributed by atoms with Crippen LogP contribution in [0.15, 0.2) is 12.1 Å². The number of alkyl halides is 2. The van der Waals surface area contributed by atoms with Crippen molar-refractivity contribution in [2.24, 2.45) is 11.3 Å². The van der Waals surface area contributed by atoms with Crippen molar-refractivity contribution >= 4 is 35.0 Å². The van der Waals surface area contributed by atoms with Gasteiger partial charge in [-0.2, -0.15) is 0 Å². The van der Waals surface area contributed by atoms with Crippen LogP contribution in [0.5, 0.6) is 0 Å². The van der Waals surface area contributed by atoms with Gasteiger partial charge in [0.05, 0.1) is 22.1 Å². The second-order valence-corrected chi connectivity index (χ2v) is 9.50. The normalized spacial score (nSPS) is 25.7. The molecule has 166 valence electrons. The van der Waals surface area contributed by atoms with E-state index in [1.165, 1.54) is 12.1 Å². The molecular weight excluding hydrogens is 440 g/mol. The molecule has 0 aromatic heterocycles. The molecule has 9 heteroatoms. The molecule has 2 aliphatic rings. The maximum atomic E-state index is 14.8. The molecule has 30 heavy (non-hydrogen) atoms. The summed E-state index contributed by atoms with van der Waals surface area (Å²) in [5.41, 5.74) is -0.395. The fourth-order valence-corrected chi connectivity index (χ4v) is 5.18. The highest BCUT2D eigenvalue weighted by atomic mass is 35.5. The number of carbonyl (C=O) groups is 2. The summed E-state index contributed by atoms with van der Waals surface area (Å²) in [5.74, 6) is -5.98. The Kier molecular flexibility index (Phi) is 6.63. The van der Waals surface area contributed by atoms with Crippen LogP contribution in [0, 0.1) is 17.2 Å². The van der Waals surface area contributed by atoms with E-state index in [1.54, 1.807) is 0 Å². The number of nitrogens with one attached hydrogen (secondary N) is 2. The second-order valence-electron chi connectivity index (χ2n) is 8.71. The fourth-order valence-electron chi connectivity index (χ4n) is 4.75. The van der Waals surface area contributed by atoms with Gasteiger partial charge >= 0.3 is 0 Å². The molecule has 0 spiro atoms. The van der Waals surface area contributed by atoms with E-state index in [0.29, 0.717) is 0 Å². The van der Waals surface area contributed by atoms with Crippen LogP contribution in [0.1, 0.15) is 64.0 Å². The van der Waals surface area contributed by atoms with Crippen LogP contribution in [0.25, 0.3) is 0 Å². The summed E-state index contributed by atoms with van der Waals surface area (Å²) in [4.78, 5) is 24.2. The van der Waals surface area contributed by atoms with Gasteiger partial charge < -0.3 is 10.6 Å². The molecule has 2 saturated carbocycles. The van der Waals surface area contributed by atoms with E-state index in [0.717, 1.165) is 32.6 Å². The zero-order valence-electron chi connectivity index (χ0n) is 16.8. The smallest absolute Gasteiger partial charge is 0.268 e. The SMILES string of the molecule is CC(=O)N[C@@H]1C[C@@H](C(=O)N[C@H](c2c(F)ccc(Cl)c2Cl)C2(C)CCCC2)CC1(F)F. The molecule has 2 N–H and O–H groups in total. The van der Waals surface area contributed by atoms with Gasteiger partial charge in [-0.05, 0) is 36.8 Å². The lowest BCUT2D eigenvalue weighted by Crippen LogP contribution is -2.43. The Morgan fingerprint density at radius 2 is 1.83 bits per heavy atom. The number of rotatable bonds is 5. The number of hydrogen-bond donors (Lipinski definition) is 2. The van der Waals surface area contributed by atoms with Crippen molar-refractivity contribution in [3.8, 4) is 0 Å². The topological polar surface area (TPSA) is 58.2 Å². The van der Waals surface area contributed by atoms with E-state index >= 15 is 0 Å². The molecule has 0 heterocycles. The van der Waals surface area contributed by atoms with E-state index in [9.17, 15) is 22.8 Å². The lowest BCUT2D eigenvalue weighted by Gasteiger charge is -2.36. The Balaban J connectivity index is 1.89. The van der Waals surface area contributed by atoms with Crippen molar-refractivity contribution in [3.05, 3.63) is 33.6 Å². The zero-order valence-corrected chi connectivity index (χ0v) is 18.3. The first kappa shape index (κ1) is 23.2. The standard InChI is InChI=1S/C21H25Cl2F3N2O2/c1-11(29)27-15-9-12(10-21(15,25)26)19(30)28-18(20(2)7-3-4-8-20)16-14(24)6-5-13(22)17(16)23/h5-6,12,15,18H,3-4,7-10H2,1-2H3,(H,27,29)(H,28,30)/t12-,15-,18-/m1/s1. The highest BCUT2D eigenvalue weighted by molar-refractivity contribution is 6.42. The van der Waals surface area contributed by atoms with Crippen LogP contribution in [-0.2, 0) is 9.59 Å². The highest BCUT2D eigenvalue weighted by Gasteiger charge is 2.52. The average molecular weight is 465 g/mol. The average Bonchev–Trinajstić information content (AvgIpc) is 3.21. The van der Waals surface area contributed by atoms with E-state index in [-0.39, 0.29) is 22.0 Å². The zero-order chi connectivity index (χ0) is 22.3. The second kappa shape index (κ2) is 8.58. The van der Waals surface area contributed by atoms with E-state index in [2.05, 4.69) is 10.6 Å². The van der Waals surface area contributed by atoms with Gasteiger partial charge in [0.25, 0.3) is 5.92 Å². The first-order chi connectivity index (χ1) is 13.9. The Morgan fingerprint density at radius 3 is 2.43 bits per heavy atom. The maximum Gasteiger partial charge on any atom is 0.268 e. The minimum atomic E-state index is -3.20. The number of benzene rings is 1. The molecule has 0 bridgehead atoms. The molecule has 2 amide bonds. The maximum absolute atomic E-state index is 14.8. The third kappa shape index (κ3) is 4.57. The van der Waals surface area contributed by atoms with Gasteiger partial charge in [-0.25, -0.2) is 13.2 Å².